The molecule has 0 amide bonds. The van der Waals surface area contributed by atoms with E-state index in [0.717, 1.165) is 11.3 Å². The van der Waals surface area contributed by atoms with Gasteiger partial charge in [-0.25, -0.2) is 4.68 Å². The zero-order chi connectivity index (χ0) is 52.2. The first-order chi connectivity index (χ1) is 32.6. The van der Waals surface area contributed by atoms with Crippen molar-refractivity contribution in [2.75, 3.05) is 34.3 Å². The fraction of sp³-hybridized carbons (Fsp3) is 0.820. The number of carbonyl (C=O) groups is 1. The van der Waals surface area contributed by atoms with Gasteiger partial charge in [-0.05, 0) is 107 Å². The monoisotopic (exact) mass is 993 g/mol. The van der Waals surface area contributed by atoms with Gasteiger partial charge in [0, 0.05) is 69.4 Å². The van der Waals surface area contributed by atoms with Crippen molar-refractivity contribution in [3.8, 4) is 0 Å². The minimum atomic E-state index is -1.84. The second kappa shape index (κ2) is 23.7. The number of nitro groups is 1. The third-order valence-electron chi connectivity index (χ3n) is 15.5. The fourth-order valence-corrected chi connectivity index (χ4v) is 10.9. The van der Waals surface area contributed by atoms with Crippen LogP contribution in [0.15, 0.2) is 30.5 Å². The van der Waals surface area contributed by atoms with Crippen LogP contribution < -0.4 is 0 Å². The molecule has 3 aliphatic heterocycles. The van der Waals surface area contributed by atoms with E-state index in [1.807, 2.05) is 50.9 Å². The van der Waals surface area contributed by atoms with Crippen molar-refractivity contribution in [3.63, 3.8) is 0 Å². The highest BCUT2D eigenvalue weighted by Crippen LogP contribution is 2.40. The number of likely N-dealkylation sites (N-methyl/N-ethyl adjacent to an activating group) is 2. The molecule has 0 saturated carbocycles. The van der Waals surface area contributed by atoms with E-state index < -0.39 is 107 Å². The summed E-state index contributed by atoms with van der Waals surface area (Å²) in [5, 5.41) is 79.5. The molecule has 70 heavy (non-hydrogen) atoms. The molecule has 20 nitrogen and oxygen atoms in total. The number of carbonyl (C=O) groups excluding carboxylic acids is 1. The highest BCUT2D eigenvalue weighted by atomic mass is 16.7. The van der Waals surface area contributed by atoms with Crippen LogP contribution in [0.5, 0.6) is 0 Å². The number of esters is 1. The minimum Gasteiger partial charge on any atom is -0.459 e. The molecule has 3 fully saturated rings. The van der Waals surface area contributed by atoms with E-state index in [2.05, 4.69) is 10.3 Å². The molecule has 398 valence electrons. The number of methoxy groups -OCH3 is 1. The van der Waals surface area contributed by atoms with E-state index in [-0.39, 0.29) is 43.0 Å². The number of nitro benzene ring substituents is 1. The zero-order valence-electron chi connectivity index (χ0n) is 43.9. The Bertz CT molecular complexity index is 1990. The smallest absolute Gasteiger partial charge is 0.311 e. The molecule has 0 bridgehead atoms. The molecule has 19 atom stereocenters. The number of non-ortho nitro benzene ring substituents is 1. The molecule has 5 N–H and O–H groups in total. The third-order valence-corrected chi connectivity index (χ3v) is 15.5. The summed E-state index contributed by atoms with van der Waals surface area (Å²) in [5.74, 6) is -2.82. The Morgan fingerprint density at radius 1 is 1.00 bits per heavy atom. The van der Waals surface area contributed by atoms with Crippen LogP contribution in [0.25, 0.3) is 0 Å². The lowest BCUT2D eigenvalue weighted by Gasteiger charge is -2.49. The maximum Gasteiger partial charge on any atom is 0.311 e. The molecule has 1 aromatic heterocycles. The van der Waals surface area contributed by atoms with Crippen LogP contribution in [0.1, 0.15) is 119 Å². The van der Waals surface area contributed by atoms with Gasteiger partial charge in [0.15, 0.2) is 12.6 Å². The van der Waals surface area contributed by atoms with Crippen molar-refractivity contribution in [1.82, 2.24) is 24.8 Å². The average Bonchev–Trinajstić information content (AvgIpc) is 3.79. The second-order valence-corrected chi connectivity index (χ2v) is 21.6. The van der Waals surface area contributed by atoms with Gasteiger partial charge in [0.05, 0.1) is 58.2 Å². The number of aliphatic hydroxyl groups is 5. The standard InChI is InChI=1S/C50H84N6O14/c1-15-39-50(11,62)43(58)33(7)54(13)26-28(2)24-48(9,61)45(31(5)42(32(6)46(60)68-39)69-40-25-49(10,65-14)44(59)34(8)67-40)70-47-41(57)38(23-30(4)66-47)53(12)21-20-36-27-55(52-51-36)29(3)22-35-16-18-37(19-17-35)56(63)64/h16-19,27-34,38-45,47,57-59,61-62H,15,20-26H2,1-14H3/t28-,29?,30-,31+,32-,33-,34+,38+,39-,40+,41-,42+,43-,44+,45-,47+,48-,49-,50-/m1/s1. The Morgan fingerprint density at radius 3 is 2.27 bits per heavy atom. The largest absolute Gasteiger partial charge is 0.459 e. The van der Waals surface area contributed by atoms with Crippen molar-refractivity contribution in [1.29, 1.82) is 0 Å². The van der Waals surface area contributed by atoms with Crippen molar-refractivity contribution >= 4 is 11.7 Å². The van der Waals surface area contributed by atoms with Crippen LogP contribution in [0, 0.1) is 27.9 Å². The number of cyclic esters (lactones) is 1. The number of benzene rings is 1. The maximum absolute atomic E-state index is 14.5. The fourth-order valence-electron chi connectivity index (χ4n) is 10.9. The molecular weight excluding hydrogens is 909 g/mol. The summed E-state index contributed by atoms with van der Waals surface area (Å²) in [4.78, 5) is 29.1. The van der Waals surface area contributed by atoms with E-state index in [9.17, 15) is 40.4 Å². The molecule has 4 heterocycles. The summed E-state index contributed by atoms with van der Waals surface area (Å²) in [6, 6.07) is 5.38. The normalized spacial score (nSPS) is 40.3. The summed E-state index contributed by atoms with van der Waals surface area (Å²) >= 11 is 0. The van der Waals surface area contributed by atoms with Crippen molar-refractivity contribution in [2.45, 2.75) is 211 Å². The van der Waals surface area contributed by atoms with Gasteiger partial charge in [-0.2, -0.15) is 0 Å². The molecule has 20 heteroatoms. The lowest BCUT2D eigenvalue weighted by molar-refractivity contribution is -0.384. The number of aromatic nitrogens is 3. The summed E-state index contributed by atoms with van der Waals surface area (Å²) in [5.41, 5.74) is -2.84. The Balaban J connectivity index is 1.43. The molecule has 3 saturated heterocycles. The van der Waals surface area contributed by atoms with Gasteiger partial charge in [0.25, 0.3) is 5.69 Å². The Kier molecular flexibility index (Phi) is 19.6. The third kappa shape index (κ3) is 13.5. The molecular formula is C50H84N6O14. The Hall–Kier alpha value is -3.25. The molecule has 0 radical (unpaired) electrons. The topological polar surface area (TPSA) is 254 Å². The lowest BCUT2D eigenvalue weighted by Crippen LogP contribution is -2.61. The number of nitrogens with zero attached hydrogens (tertiary/aromatic N) is 6. The lowest BCUT2D eigenvalue weighted by atomic mass is 9.77. The molecule has 0 spiro atoms. The predicted octanol–water partition coefficient (Wildman–Crippen LogP) is 3.82. The van der Waals surface area contributed by atoms with Crippen molar-refractivity contribution < 1.29 is 63.7 Å². The summed E-state index contributed by atoms with van der Waals surface area (Å²) in [7, 11) is 5.24. The maximum atomic E-state index is 14.5. The zero-order valence-corrected chi connectivity index (χ0v) is 43.9. The van der Waals surface area contributed by atoms with Gasteiger partial charge in [-0.3, -0.25) is 14.9 Å². The number of hydrogen-bond donors (Lipinski definition) is 5. The van der Waals surface area contributed by atoms with E-state index in [1.165, 1.54) is 26.2 Å². The van der Waals surface area contributed by atoms with Gasteiger partial charge in [-0.1, -0.05) is 38.1 Å². The van der Waals surface area contributed by atoms with Gasteiger partial charge >= 0.3 is 5.97 Å². The number of hydrogen-bond acceptors (Lipinski definition) is 18. The van der Waals surface area contributed by atoms with Crippen molar-refractivity contribution in [2.24, 2.45) is 17.8 Å². The minimum absolute atomic E-state index is 0.0343. The van der Waals surface area contributed by atoms with E-state index in [4.69, 9.17) is 28.4 Å². The van der Waals surface area contributed by atoms with Gasteiger partial charge in [-0.15, -0.1) is 5.10 Å². The first-order valence-corrected chi connectivity index (χ1v) is 25.0. The van der Waals surface area contributed by atoms with Gasteiger partial charge in [0.2, 0.25) is 0 Å². The van der Waals surface area contributed by atoms with Crippen LogP contribution in [0.4, 0.5) is 5.69 Å². The van der Waals surface area contributed by atoms with E-state index >= 15 is 0 Å². The molecule has 1 aromatic carbocycles. The number of rotatable bonds is 14. The molecule has 3 aliphatic rings. The molecule has 2 aromatic rings. The average molecular weight is 993 g/mol. The van der Waals surface area contributed by atoms with Crippen LogP contribution in [0.2, 0.25) is 0 Å². The summed E-state index contributed by atoms with van der Waals surface area (Å²) in [6.07, 6.45) is -6.21. The van der Waals surface area contributed by atoms with Crippen LogP contribution in [-0.4, -0.2) is 186 Å². The molecule has 1 unspecified atom stereocenters. The van der Waals surface area contributed by atoms with Crippen LogP contribution >= 0.6 is 0 Å². The van der Waals surface area contributed by atoms with Crippen LogP contribution in [0.3, 0.4) is 0 Å². The van der Waals surface area contributed by atoms with E-state index in [1.54, 1.807) is 65.3 Å². The highest BCUT2D eigenvalue weighted by molar-refractivity contribution is 5.73. The quantitative estimate of drug-likeness (QED) is 0.102. The Labute approximate surface area is 414 Å². The first kappa shape index (κ1) is 57.6. The predicted molar refractivity (Wildman–Crippen MR) is 258 cm³/mol. The highest BCUT2D eigenvalue weighted by Gasteiger charge is 2.53. The number of aliphatic hydroxyl groups excluding tert-OH is 3. The van der Waals surface area contributed by atoms with E-state index in [0.29, 0.717) is 32.4 Å². The van der Waals surface area contributed by atoms with Gasteiger partial charge < -0.3 is 63.8 Å². The second-order valence-electron chi connectivity index (χ2n) is 21.6. The molecule has 0 aliphatic carbocycles. The summed E-state index contributed by atoms with van der Waals surface area (Å²) < 4.78 is 40.0. The molecule has 5 rings (SSSR count). The SMILES string of the molecule is CC[C@H]1OC(=O)[C@H](C)[C@@H](O[C@H]2C[C@@](C)(OC)[C@@H](O)[C@H](C)O2)[C@H](C)[C@@H](O[C@@H]2O[C@H](C)C[C@H](N(C)CCc3cn(C(C)Cc4ccc([N+](=O)[O-])cc4)nn3)[C@H]2O)[C@](C)(O)C[C@@H](C)CN(C)[C@H](C)[C@@H](O)[C@]1(C)O. The van der Waals surface area contributed by atoms with Gasteiger partial charge in [0.1, 0.15) is 30.0 Å². The first-order valence-electron chi connectivity index (χ1n) is 25.0. The summed E-state index contributed by atoms with van der Waals surface area (Å²) in [6.45, 7) is 20.4. The number of ether oxygens (including phenoxy) is 6. The Morgan fingerprint density at radius 2 is 1.66 bits per heavy atom. The van der Waals surface area contributed by atoms with Crippen molar-refractivity contribution in [3.05, 3.63) is 51.8 Å². The van der Waals surface area contributed by atoms with Crippen LogP contribution in [-0.2, 0) is 46.1 Å².